The Labute approximate surface area is 131 Å². The summed E-state index contributed by atoms with van der Waals surface area (Å²) in [5, 5.41) is 0. The highest BCUT2D eigenvalue weighted by Gasteiger charge is 2.19. The molecule has 1 aromatic carbocycles. The summed E-state index contributed by atoms with van der Waals surface area (Å²) in [6.45, 7) is 1.57. The van der Waals surface area contributed by atoms with Crippen molar-refractivity contribution in [2.24, 2.45) is 0 Å². The molecule has 6 heteroatoms. The van der Waals surface area contributed by atoms with Gasteiger partial charge in [0, 0.05) is 22.3 Å². The summed E-state index contributed by atoms with van der Waals surface area (Å²) in [6, 6.07) is 7.77. The number of likely N-dealkylation sites (tertiary alicyclic amines) is 1. The molecule has 1 heterocycles. The van der Waals surface area contributed by atoms with Gasteiger partial charge in [0.25, 0.3) is 0 Å². The number of halogens is 1. The zero-order chi connectivity index (χ0) is 14.4. The second kappa shape index (κ2) is 7.69. The summed E-state index contributed by atoms with van der Waals surface area (Å²) >= 11 is 4.81. The van der Waals surface area contributed by atoms with E-state index in [9.17, 15) is 9.59 Å². The third-order valence-corrected chi connectivity index (χ3v) is 4.48. The average Bonchev–Trinajstić information content (AvgIpc) is 2.84. The molecule has 0 bridgehead atoms. The number of ether oxygens (including phenoxy) is 1. The molecule has 0 radical (unpaired) electrons. The number of esters is 1. The van der Waals surface area contributed by atoms with Gasteiger partial charge < -0.3 is 9.64 Å². The largest absolute Gasteiger partial charge is 0.463 e. The minimum absolute atomic E-state index is 0.158. The summed E-state index contributed by atoms with van der Waals surface area (Å²) in [6.07, 6.45) is 1.53. The molecule has 1 aliphatic rings. The Balaban J connectivity index is 1.63. The van der Waals surface area contributed by atoms with Crippen LogP contribution >= 0.6 is 27.7 Å². The third-order valence-electron chi connectivity index (χ3n) is 2.97. The lowest BCUT2D eigenvalue weighted by Gasteiger charge is -2.15. The standard InChI is InChI=1S/C14H16BrNO3S/c15-11-3-5-12(6-4-11)20-10-14(18)19-9-8-16-7-1-2-13(16)17/h3-6H,1-2,7-10H2. The van der Waals surface area contributed by atoms with Crippen LogP contribution in [-0.4, -0.2) is 42.2 Å². The predicted molar refractivity (Wildman–Crippen MR) is 81.6 cm³/mol. The molecule has 0 atom stereocenters. The summed E-state index contributed by atoms with van der Waals surface area (Å²) in [4.78, 5) is 25.7. The lowest BCUT2D eigenvalue weighted by atomic mass is 10.4. The lowest BCUT2D eigenvalue weighted by Crippen LogP contribution is -2.29. The highest BCUT2D eigenvalue weighted by molar-refractivity contribution is 9.10. The quantitative estimate of drug-likeness (QED) is 0.580. The zero-order valence-corrected chi connectivity index (χ0v) is 13.4. The number of hydrogen-bond donors (Lipinski definition) is 0. The minimum Gasteiger partial charge on any atom is -0.463 e. The zero-order valence-electron chi connectivity index (χ0n) is 11.0. The first-order valence-corrected chi connectivity index (χ1v) is 8.25. The second-order valence-electron chi connectivity index (χ2n) is 4.45. The van der Waals surface area contributed by atoms with E-state index in [1.165, 1.54) is 11.8 Å². The molecule has 108 valence electrons. The number of carbonyl (C=O) groups excluding carboxylic acids is 2. The maximum Gasteiger partial charge on any atom is 0.316 e. The van der Waals surface area contributed by atoms with Crippen LogP contribution < -0.4 is 0 Å². The van der Waals surface area contributed by atoms with Crippen LogP contribution in [0.1, 0.15) is 12.8 Å². The van der Waals surface area contributed by atoms with Crippen molar-refractivity contribution in [1.82, 2.24) is 4.90 Å². The van der Waals surface area contributed by atoms with E-state index in [-0.39, 0.29) is 24.2 Å². The van der Waals surface area contributed by atoms with Gasteiger partial charge in [0.1, 0.15) is 6.61 Å². The smallest absolute Gasteiger partial charge is 0.316 e. The van der Waals surface area contributed by atoms with Crippen LogP contribution in [0, 0.1) is 0 Å². The average molecular weight is 358 g/mol. The van der Waals surface area contributed by atoms with Gasteiger partial charge in [-0.15, -0.1) is 11.8 Å². The van der Waals surface area contributed by atoms with E-state index in [1.54, 1.807) is 4.90 Å². The van der Waals surface area contributed by atoms with Gasteiger partial charge in [0.2, 0.25) is 5.91 Å². The number of thioether (sulfide) groups is 1. The molecule has 0 spiro atoms. The monoisotopic (exact) mass is 357 g/mol. The molecule has 0 unspecified atom stereocenters. The van der Waals surface area contributed by atoms with Gasteiger partial charge >= 0.3 is 5.97 Å². The molecule has 0 N–H and O–H groups in total. The van der Waals surface area contributed by atoms with Crippen molar-refractivity contribution >= 4 is 39.6 Å². The van der Waals surface area contributed by atoms with Crippen LogP contribution in [0.15, 0.2) is 33.6 Å². The molecule has 1 saturated heterocycles. The van der Waals surface area contributed by atoms with E-state index in [0.717, 1.165) is 22.3 Å². The van der Waals surface area contributed by atoms with E-state index in [1.807, 2.05) is 24.3 Å². The molecular weight excluding hydrogens is 342 g/mol. The molecule has 20 heavy (non-hydrogen) atoms. The Morgan fingerprint density at radius 3 is 2.75 bits per heavy atom. The van der Waals surface area contributed by atoms with Gasteiger partial charge in [-0.25, -0.2) is 0 Å². The minimum atomic E-state index is -0.246. The van der Waals surface area contributed by atoms with Crippen molar-refractivity contribution in [3.8, 4) is 0 Å². The number of benzene rings is 1. The van der Waals surface area contributed by atoms with Crippen molar-refractivity contribution < 1.29 is 14.3 Å². The topological polar surface area (TPSA) is 46.6 Å². The van der Waals surface area contributed by atoms with Crippen molar-refractivity contribution in [2.45, 2.75) is 17.7 Å². The van der Waals surface area contributed by atoms with Crippen molar-refractivity contribution in [1.29, 1.82) is 0 Å². The fourth-order valence-corrected chi connectivity index (χ4v) is 2.89. The normalized spacial score (nSPS) is 14.7. The number of rotatable bonds is 6. The molecule has 1 aliphatic heterocycles. The van der Waals surface area contributed by atoms with Crippen LogP contribution in [0.3, 0.4) is 0 Å². The SMILES string of the molecule is O=C(CSc1ccc(Br)cc1)OCCN1CCCC1=O. The summed E-state index contributed by atoms with van der Waals surface area (Å²) in [5.74, 6) is 0.199. The number of carbonyl (C=O) groups is 2. The maximum atomic E-state index is 11.6. The van der Waals surface area contributed by atoms with Gasteiger partial charge in [-0.1, -0.05) is 15.9 Å². The van der Waals surface area contributed by atoms with Crippen LogP contribution in [0.4, 0.5) is 0 Å². The highest BCUT2D eigenvalue weighted by Crippen LogP contribution is 2.20. The van der Waals surface area contributed by atoms with Crippen molar-refractivity contribution in [3.05, 3.63) is 28.7 Å². The summed E-state index contributed by atoms with van der Waals surface area (Å²) in [7, 11) is 0. The molecule has 1 aromatic rings. The van der Waals surface area contributed by atoms with E-state index >= 15 is 0 Å². The first kappa shape index (κ1) is 15.4. The number of nitrogens with zero attached hydrogens (tertiary/aromatic N) is 1. The Bertz CT molecular complexity index is 478. The molecule has 0 aromatic heterocycles. The lowest BCUT2D eigenvalue weighted by molar-refractivity contribution is -0.142. The Kier molecular flexibility index (Phi) is 5.91. The first-order chi connectivity index (χ1) is 9.65. The van der Waals surface area contributed by atoms with Crippen LogP contribution in [0.25, 0.3) is 0 Å². The number of amides is 1. The van der Waals surface area contributed by atoms with Crippen LogP contribution in [-0.2, 0) is 14.3 Å². The highest BCUT2D eigenvalue weighted by atomic mass is 79.9. The van der Waals surface area contributed by atoms with Gasteiger partial charge in [-0.05, 0) is 30.7 Å². The second-order valence-corrected chi connectivity index (χ2v) is 6.41. The molecular formula is C14H16BrNO3S. The predicted octanol–water partition coefficient (Wildman–Crippen LogP) is 2.71. The Morgan fingerprint density at radius 2 is 2.10 bits per heavy atom. The van der Waals surface area contributed by atoms with Gasteiger partial charge in [-0.3, -0.25) is 9.59 Å². The molecule has 0 saturated carbocycles. The van der Waals surface area contributed by atoms with Crippen molar-refractivity contribution in [2.75, 3.05) is 25.4 Å². The summed E-state index contributed by atoms with van der Waals surface area (Å²) < 4.78 is 6.15. The Hall–Kier alpha value is -1.01. The van der Waals surface area contributed by atoms with Crippen LogP contribution in [0.5, 0.6) is 0 Å². The molecule has 1 amide bonds. The fourth-order valence-electron chi connectivity index (χ4n) is 1.92. The molecule has 1 fully saturated rings. The van der Waals surface area contributed by atoms with Gasteiger partial charge in [-0.2, -0.15) is 0 Å². The molecule has 0 aliphatic carbocycles. The number of hydrogen-bond acceptors (Lipinski definition) is 4. The van der Waals surface area contributed by atoms with E-state index in [4.69, 9.17) is 4.74 Å². The van der Waals surface area contributed by atoms with Gasteiger partial charge in [0.15, 0.2) is 0 Å². The van der Waals surface area contributed by atoms with Gasteiger partial charge in [0.05, 0.1) is 12.3 Å². The first-order valence-electron chi connectivity index (χ1n) is 6.47. The third kappa shape index (κ3) is 4.83. The summed E-state index contributed by atoms with van der Waals surface area (Å²) in [5.41, 5.74) is 0. The van der Waals surface area contributed by atoms with E-state index < -0.39 is 0 Å². The van der Waals surface area contributed by atoms with E-state index in [2.05, 4.69) is 15.9 Å². The Morgan fingerprint density at radius 1 is 1.35 bits per heavy atom. The van der Waals surface area contributed by atoms with E-state index in [0.29, 0.717) is 13.0 Å². The van der Waals surface area contributed by atoms with Crippen molar-refractivity contribution in [3.63, 3.8) is 0 Å². The molecule has 4 nitrogen and oxygen atoms in total. The molecule has 2 rings (SSSR count). The fraction of sp³-hybridized carbons (Fsp3) is 0.429. The van der Waals surface area contributed by atoms with Crippen LogP contribution in [0.2, 0.25) is 0 Å². The maximum absolute atomic E-state index is 11.6.